The van der Waals surface area contributed by atoms with Crippen LogP contribution in [0.1, 0.15) is 0 Å². The van der Waals surface area contributed by atoms with Crippen LogP contribution >= 0.6 is 0 Å². The molecule has 0 aromatic rings. The van der Waals surface area contributed by atoms with Crippen LogP contribution in [0.3, 0.4) is 0 Å². The minimum atomic E-state index is -0.768. The molecule has 1 N–H and O–H groups in total. The summed E-state index contributed by atoms with van der Waals surface area (Å²) in [5.41, 5.74) is 0. The number of hydrogen-bond donors (Lipinski definition) is 1. The fourth-order valence-electron chi connectivity index (χ4n) is 1.36. The van der Waals surface area contributed by atoms with Gasteiger partial charge < -0.3 is 19.3 Å². The van der Waals surface area contributed by atoms with Crippen molar-refractivity contribution < 1.29 is 19.3 Å². The van der Waals surface area contributed by atoms with Crippen LogP contribution in [0.2, 0.25) is 0 Å². The van der Waals surface area contributed by atoms with E-state index >= 15 is 0 Å². The molecule has 1 fully saturated rings. The maximum atomic E-state index is 9.42. The molecule has 5 heteroatoms. The fraction of sp³-hybridized carbons (Fsp3) is 1.00. The Balaban J connectivity index is 2.52. The van der Waals surface area contributed by atoms with E-state index in [1.165, 1.54) is 7.11 Å². The second-order valence-electron chi connectivity index (χ2n) is 2.79. The van der Waals surface area contributed by atoms with E-state index in [0.717, 1.165) is 0 Å². The lowest BCUT2D eigenvalue weighted by molar-refractivity contribution is -0.0404. The highest BCUT2D eigenvalue weighted by Gasteiger charge is 2.40. The summed E-state index contributed by atoms with van der Waals surface area (Å²) in [7, 11) is 8.53. The van der Waals surface area contributed by atoms with Gasteiger partial charge in [-0.25, -0.2) is 0 Å². The fourth-order valence-corrected chi connectivity index (χ4v) is 1.36. The highest BCUT2D eigenvalue weighted by molar-refractivity contribution is 6.11. The summed E-state index contributed by atoms with van der Waals surface area (Å²) < 4.78 is 15.1. The van der Waals surface area contributed by atoms with Crippen molar-refractivity contribution in [2.24, 2.45) is 0 Å². The number of ether oxygens (including phenoxy) is 3. The molecule has 4 atom stereocenters. The second-order valence-corrected chi connectivity index (χ2v) is 2.79. The number of aliphatic hydroxyl groups excluding tert-OH is 1. The second kappa shape index (κ2) is 4.23. The average Bonchev–Trinajstić information content (AvgIpc) is 2.29. The minimum Gasteiger partial charge on any atom is -0.388 e. The monoisotopic (exact) mass is 172 g/mol. The minimum absolute atomic E-state index is 0.273. The highest BCUT2D eigenvalue weighted by atomic mass is 16.6. The van der Waals surface area contributed by atoms with Crippen LogP contribution in [0.4, 0.5) is 0 Å². The van der Waals surface area contributed by atoms with Crippen LogP contribution in [0.5, 0.6) is 0 Å². The Bertz CT molecular complexity index is 143. The first-order valence-electron chi connectivity index (χ1n) is 3.81. The van der Waals surface area contributed by atoms with Crippen LogP contribution in [0.25, 0.3) is 0 Å². The van der Waals surface area contributed by atoms with Gasteiger partial charge in [-0.2, -0.15) is 0 Å². The summed E-state index contributed by atoms with van der Waals surface area (Å²) in [6, 6.07) is -0.671. The average molecular weight is 172 g/mol. The third kappa shape index (κ3) is 1.80. The van der Waals surface area contributed by atoms with Gasteiger partial charge in [0, 0.05) is 20.2 Å². The first-order chi connectivity index (χ1) is 5.70. The van der Waals surface area contributed by atoms with E-state index in [1.807, 2.05) is 0 Å². The number of hydrogen-bond acceptors (Lipinski definition) is 4. The molecular formula is C7H13BO4. The van der Waals surface area contributed by atoms with Crippen molar-refractivity contribution in [3.05, 3.63) is 0 Å². The SMILES string of the molecule is [B][C@@H]1O[C@H](COC)C(OC)[C@@H]1O. The lowest BCUT2D eigenvalue weighted by Gasteiger charge is -2.17. The van der Waals surface area contributed by atoms with Gasteiger partial charge in [0.2, 0.25) is 0 Å². The van der Waals surface area contributed by atoms with Gasteiger partial charge in [-0.05, 0) is 0 Å². The first-order valence-corrected chi connectivity index (χ1v) is 3.81. The lowest BCUT2D eigenvalue weighted by Crippen LogP contribution is -2.36. The standard InChI is InChI=1S/C7H13BO4/c1-10-3-4-6(11-2)5(9)7(8)12-4/h4-7,9H,3H2,1-2H3/t4-,5+,6?,7-/m1/s1. The van der Waals surface area contributed by atoms with E-state index in [0.29, 0.717) is 6.61 Å². The molecule has 1 aliphatic rings. The molecule has 0 aromatic heterocycles. The van der Waals surface area contributed by atoms with E-state index in [1.54, 1.807) is 7.11 Å². The molecule has 0 aliphatic carbocycles. The summed E-state index contributed by atoms with van der Waals surface area (Å²) in [4.78, 5) is 0. The van der Waals surface area contributed by atoms with Crippen LogP contribution in [0.15, 0.2) is 0 Å². The van der Waals surface area contributed by atoms with Gasteiger partial charge in [0.05, 0.1) is 6.61 Å². The molecule has 12 heavy (non-hydrogen) atoms. The largest absolute Gasteiger partial charge is 0.388 e. The molecule has 4 nitrogen and oxygen atoms in total. The molecule has 1 heterocycles. The number of methoxy groups -OCH3 is 2. The Labute approximate surface area is 73.2 Å². The van der Waals surface area contributed by atoms with Crippen molar-refractivity contribution in [1.82, 2.24) is 0 Å². The van der Waals surface area contributed by atoms with Gasteiger partial charge >= 0.3 is 0 Å². The summed E-state index contributed by atoms with van der Waals surface area (Å²) in [5.74, 6) is 0. The predicted molar refractivity (Wildman–Crippen MR) is 43.1 cm³/mol. The van der Waals surface area contributed by atoms with Gasteiger partial charge in [-0.1, -0.05) is 0 Å². The third-order valence-corrected chi connectivity index (χ3v) is 1.97. The smallest absolute Gasteiger partial charge is 0.113 e. The van der Waals surface area contributed by atoms with Crippen molar-refractivity contribution in [2.75, 3.05) is 20.8 Å². The van der Waals surface area contributed by atoms with E-state index in [4.69, 9.17) is 22.1 Å². The predicted octanol–water partition coefficient (Wildman–Crippen LogP) is -1.10. The molecule has 1 unspecified atom stereocenters. The molecule has 68 valence electrons. The molecule has 0 bridgehead atoms. The molecule has 1 rings (SSSR count). The van der Waals surface area contributed by atoms with E-state index < -0.39 is 12.1 Å². The van der Waals surface area contributed by atoms with Crippen molar-refractivity contribution in [3.8, 4) is 0 Å². The summed E-state index contributed by atoms with van der Waals surface area (Å²) >= 11 is 0. The number of aliphatic hydroxyl groups is 1. The molecule has 0 saturated carbocycles. The van der Waals surface area contributed by atoms with E-state index in [2.05, 4.69) is 0 Å². The normalized spacial score (nSPS) is 41.9. The lowest BCUT2D eigenvalue weighted by atomic mass is 9.93. The van der Waals surface area contributed by atoms with Crippen LogP contribution < -0.4 is 0 Å². The highest BCUT2D eigenvalue weighted by Crippen LogP contribution is 2.21. The van der Waals surface area contributed by atoms with Gasteiger partial charge in [-0.3, -0.25) is 0 Å². The van der Waals surface area contributed by atoms with Gasteiger partial charge in [0.15, 0.2) is 0 Å². The maximum absolute atomic E-state index is 9.42. The van der Waals surface area contributed by atoms with E-state index in [9.17, 15) is 5.11 Å². The van der Waals surface area contributed by atoms with Gasteiger partial charge in [-0.15, -0.1) is 0 Å². The quantitative estimate of drug-likeness (QED) is 0.549. The number of rotatable bonds is 3. The van der Waals surface area contributed by atoms with Crippen LogP contribution in [0, 0.1) is 0 Å². The van der Waals surface area contributed by atoms with Gasteiger partial charge in [0.25, 0.3) is 0 Å². The molecule has 1 aliphatic heterocycles. The maximum Gasteiger partial charge on any atom is 0.113 e. The zero-order chi connectivity index (χ0) is 9.14. The molecule has 0 amide bonds. The zero-order valence-electron chi connectivity index (χ0n) is 7.27. The Hall–Kier alpha value is -0.0951. The first kappa shape index (κ1) is 9.99. The summed E-state index contributed by atoms with van der Waals surface area (Å²) in [6.07, 6.45) is -1.43. The van der Waals surface area contributed by atoms with Crippen molar-refractivity contribution in [1.29, 1.82) is 0 Å². The Morgan fingerprint density at radius 1 is 1.50 bits per heavy atom. The Morgan fingerprint density at radius 3 is 2.67 bits per heavy atom. The van der Waals surface area contributed by atoms with Crippen LogP contribution in [-0.2, 0) is 14.2 Å². The summed E-state index contributed by atoms with van der Waals surface area (Å²) in [5, 5.41) is 9.42. The third-order valence-electron chi connectivity index (χ3n) is 1.97. The van der Waals surface area contributed by atoms with Gasteiger partial charge in [0.1, 0.15) is 26.2 Å². The van der Waals surface area contributed by atoms with Crippen molar-refractivity contribution >= 4 is 7.85 Å². The van der Waals surface area contributed by atoms with Crippen molar-refractivity contribution in [3.63, 3.8) is 0 Å². The molecule has 2 radical (unpaired) electrons. The molecule has 1 saturated heterocycles. The molecule has 0 spiro atoms. The van der Waals surface area contributed by atoms with E-state index in [-0.39, 0.29) is 12.2 Å². The molecule has 0 aromatic carbocycles. The Morgan fingerprint density at radius 2 is 2.17 bits per heavy atom. The summed E-state index contributed by atoms with van der Waals surface area (Å²) in [6.45, 7) is 0.378. The van der Waals surface area contributed by atoms with Crippen LogP contribution in [-0.4, -0.2) is 58.1 Å². The topological polar surface area (TPSA) is 47.9 Å². The molecular weight excluding hydrogens is 159 g/mol. The van der Waals surface area contributed by atoms with Crippen molar-refractivity contribution in [2.45, 2.75) is 24.3 Å². The zero-order valence-corrected chi connectivity index (χ0v) is 7.27. The Kier molecular flexibility index (Phi) is 3.52.